The molecule has 0 N–H and O–H groups in total. The summed E-state index contributed by atoms with van der Waals surface area (Å²) in [5.41, 5.74) is 1.07. The predicted octanol–water partition coefficient (Wildman–Crippen LogP) is 2.73. The van der Waals surface area contributed by atoms with Crippen LogP contribution in [-0.2, 0) is 4.74 Å². The highest BCUT2D eigenvalue weighted by Crippen LogP contribution is 2.55. The van der Waals surface area contributed by atoms with Crippen LogP contribution in [0, 0.1) is 11.3 Å². The molecule has 1 aliphatic carbocycles. The lowest BCUT2D eigenvalue weighted by molar-refractivity contribution is -0.120. The molecule has 2 heterocycles. The number of benzene rings is 1. The molecule has 4 rings (SSSR count). The molecule has 1 spiro atoms. The second kappa shape index (κ2) is 5.27. The molecule has 1 aromatic rings. The monoisotopic (exact) mass is 301 g/mol. The van der Waals surface area contributed by atoms with Crippen LogP contribution in [0.4, 0.5) is 0 Å². The van der Waals surface area contributed by atoms with Gasteiger partial charge in [0.2, 0.25) is 0 Å². The first kappa shape index (κ1) is 14.1. The molecule has 1 saturated carbocycles. The molecule has 4 nitrogen and oxygen atoms in total. The van der Waals surface area contributed by atoms with Gasteiger partial charge in [-0.2, -0.15) is 0 Å². The highest BCUT2D eigenvalue weighted by Gasteiger charge is 2.59. The molecule has 2 saturated heterocycles. The molecule has 3 aliphatic rings. The van der Waals surface area contributed by atoms with Crippen LogP contribution < -0.4 is 4.74 Å². The van der Waals surface area contributed by atoms with Crippen molar-refractivity contribution in [3.05, 3.63) is 29.8 Å². The number of hydrogen-bond acceptors (Lipinski definition) is 3. The number of amides is 1. The van der Waals surface area contributed by atoms with Gasteiger partial charge < -0.3 is 14.4 Å². The van der Waals surface area contributed by atoms with Crippen molar-refractivity contribution in [2.75, 3.05) is 26.9 Å². The number of methoxy groups -OCH3 is 1. The van der Waals surface area contributed by atoms with Gasteiger partial charge in [-0.15, -0.1) is 0 Å². The van der Waals surface area contributed by atoms with E-state index >= 15 is 0 Å². The lowest BCUT2D eigenvalue weighted by Crippen LogP contribution is -2.68. The Kier molecular flexibility index (Phi) is 3.37. The zero-order valence-electron chi connectivity index (χ0n) is 13.1. The Bertz CT molecular complexity index is 575. The second-order valence-corrected chi connectivity index (χ2v) is 6.92. The van der Waals surface area contributed by atoms with E-state index in [-0.39, 0.29) is 5.91 Å². The molecule has 0 unspecified atom stereocenters. The SMILES string of the molecule is COc1cccc(C(=O)N2CC3(CCOCC3)[C@@H]2C2CC2)c1. The van der Waals surface area contributed by atoms with E-state index in [1.165, 1.54) is 12.8 Å². The van der Waals surface area contributed by atoms with Crippen molar-refractivity contribution in [2.24, 2.45) is 11.3 Å². The highest BCUT2D eigenvalue weighted by atomic mass is 16.5. The highest BCUT2D eigenvalue weighted by molar-refractivity contribution is 5.95. The van der Waals surface area contributed by atoms with Crippen molar-refractivity contribution in [1.29, 1.82) is 0 Å². The predicted molar refractivity (Wildman–Crippen MR) is 83.0 cm³/mol. The van der Waals surface area contributed by atoms with Crippen LogP contribution in [0.15, 0.2) is 24.3 Å². The van der Waals surface area contributed by atoms with Crippen molar-refractivity contribution in [3.63, 3.8) is 0 Å². The molecule has 22 heavy (non-hydrogen) atoms. The minimum absolute atomic E-state index is 0.160. The van der Waals surface area contributed by atoms with Gasteiger partial charge in [0, 0.05) is 36.8 Å². The zero-order chi connectivity index (χ0) is 15.2. The van der Waals surface area contributed by atoms with Crippen LogP contribution in [0.25, 0.3) is 0 Å². The molecule has 0 aromatic heterocycles. The summed E-state index contributed by atoms with van der Waals surface area (Å²) in [5.74, 6) is 1.62. The van der Waals surface area contributed by atoms with Gasteiger partial charge in [-0.25, -0.2) is 0 Å². The molecular weight excluding hydrogens is 278 g/mol. The van der Waals surface area contributed by atoms with E-state index in [0.717, 1.165) is 43.9 Å². The van der Waals surface area contributed by atoms with Crippen LogP contribution in [0.1, 0.15) is 36.0 Å². The van der Waals surface area contributed by atoms with Crippen molar-refractivity contribution < 1.29 is 14.3 Å². The molecule has 1 amide bonds. The van der Waals surface area contributed by atoms with E-state index in [2.05, 4.69) is 4.90 Å². The molecule has 2 aliphatic heterocycles. The molecule has 1 aromatic carbocycles. The van der Waals surface area contributed by atoms with Gasteiger partial charge in [-0.05, 0) is 49.8 Å². The molecule has 3 fully saturated rings. The normalized spacial score (nSPS) is 26.6. The number of rotatable bonds is 3. The fraction of sp³-hybridized carbons (Fsp3) is 0.611. The summed E-state index contributed by atoms with van der Waals surface area (Å²) < 4.78 is 10.8. The van der Waals surface area contributed by atoms with Gasteiger partial charge in [0.1, 0.15) is 5.75 Å². The Morgan fingerprint density at radius 2 is 2.09 bits per heavy atom. The fourth-order valence-electron chi connectivity index (χ4n) is 4.27. The summed E-state index contributed by atoms with van der Waals surface area (Å²) in [6.07, 6.45) is 4.76. The van der Waals surface area contributed by atoms with Gasteiger partial charge in [0.25, 0.3) is 5.91 Å². The molecule has 118 valence electrons. The van der Waals surface area contributed by atoms with E-state index in [9.17, 15) is 4.79 Å². The average Bonchev–Trinajstić information content (AvgIpc) is 3.37. The Balaban J connectivity index is 1.56. The number of carbonyl (C=O) groups excluding carboxylic acids is 1. The Morgan fingerprint density at radius 1 is 1.32 bits per heavy atom. The van der Waals surface area contributed by atoms with Crippen LogP contribution in [-0.4, -0.2) is 43.7 Å². The lowest BCUT2D eigenvalue weighted by atomic mass is 9.64. The van der Waals surface area contributed by atoms with Gasteiger partial charge in [0.15, 0.2) is 0 Å². The summed E-state index contributed by atoms with van der Waals surface area (Å²) in [4.78, 5) is 15.0. The van der Waals surface area contributed by atoms with Gasteiger partial charge in [0.05, 0.1) is 7.11 Å². The standard InChI is InChI=1S/C18H23NO3/c1-21-15-4-2-3-14(11-15)17(20)19-12-18(7-9-22-10-8-18)16(19)13-5-6-13/h2-4,11,13,16H,5-10,12H2,1H3/t16-/m0/s1. The first-order valence-electron chi connectivity index (χ1n) is 8.26. The number of carbonyl (C=O) groups is 1. The number of likely N-dealkylation sites (tertiary alicyclic amines) is 1. The molecular formula is C18H23NO3. The third-order valence-corrected chi connectivity index (χ3v) is 5.58. The first-order chi connectivity index (χ1) is 10.7. The first-order valence-corrected chi connectivity index (χ1v) is 8.26. The zero-order valence-corrected chi connectivity index (χ0v) is 13.1. The molecule has 1 atom stereocenters. The molecule has 0 bridgehead atoms. The summed E-state index contributed by atoms with van der Waals surface area (Å²) in [5, 5.41) is 0. The van der Waals surface area contributed by atoms with Crippen LogP contribution in [0.2, 0.25) is 0 Å². The minimum Gasteiger partial charge on any atom is -0.497 e. The fourth-order valence-corrected chi connectivity index (χ4v) is 4.27. The minimum atomic E-state index is 0.160. The van der Waals surface area contributed by atoms with Crippen LogP contribution >= 0.6 is 0 Å². The van der Waals surface area contributed by atoms with E-state index in [1.54, 1.807) is 7.11 Å². The maximum atomic E-state index is 12.9. The molecule has 4 heteroatoms. The van der Waals surface area contributed by atoms with E-state index < -0.39 is 0 Å². The second-order valence-electron chi connectivity index (χ2n) is 6.92. The van der Waals surface area contributed by atoms with Crippen molar-refractivity contribution in [1.82, 2.24) is 4.90 Å². The summed E-state index contributed by atoms with van der Waals surface area (Å²) in [7, 11) is 1.64. The average molecular weight is 301 g/mol. The summed E-state index contributed by atoms with van der Waals surface area (Å²) in [6.45, 7) is 2.60. The lowest BCUT2D eigenvalue weighted by Gasteiger charge is -2.59. The molecule has 0 radical (unpaired) electrons. The van der Waals surface area contributed by atoms with Crippen molar-refractivity contribution in [3.8, 4) is 5.75 Å². The van der Waals surface area contributed by atoms with Gasteiger partial charge in [-0.1, -0.05) is 6.07 Å². The van der Waals surface area contributed by atoms with E-state index in [0.29, 0.717) is 17.4 Å². The number of nitrogens with zero attached hydrogens (tertiary/aromatic N) is 1. The van der Waals surface area contributed by atoms with E-state index in [4.69, 9.17) is 9.47 Å². The van der Waals surface area contributed by atoms with Gasteiger partial charge in [-0.3, -0.25) is 4.79 Å². The van der Waals surface area contributed by atoms with Crippen LogP contribution in [0.5, 0.6) is 5.75 Å². The number of ether oxygens (including phenoxy) is 2. The topological polar surface area (TPSA) is 38.8 Å². The summed E-state index contributed by atoms with van der Waals surface area (Å²) >= 11 is 0. The largest absolute Gasteiger partial charge is 0.497 e. The summed E-state index contributed by atoms with van der Waals surface area (Å²) in [6, 6.07) is 7.94. The quantitative estimate of drug-likeness (QED) is 0.861. The third-order valence-electron chi connectivity index (χ3n) is 5.58. The maximum absolute atomic E-state index is 12.9. The van der Waals surface area contributed by atoms with Gasteiger partial charge >= 0.3 is 0 Å². The van der Waals surface area contributed by atoms with Crippen molar-refractivity contribution >= 4 is 5.91 Å². The van der Waals surface area contributed by atoms with Crippen molar-refractivity contribution in [2.45, 2.75) is 31.7 Å². The third kappa shape index (κ3) is 2.21. The smallest absolute Gasteiger partial charge is 0.254 e. The van der Waals surface area contributed by atoms with Crippen LogP contribution in [0.3, 0.4) is 0 Å². The Morgan fingerprint density at radius 3 is 2.77 bits per heavy atom. The van der Waals surface area contributed by atoms with E-state index in [1.807, 2.05) is 24.3 Å². The Labute approximate surface area is 131 Å². The Hall–Kier alpha value is -1.55. The maximum Gasteiger partial charge on any atom is 0.254 e. The number of hydrogen-bond donors (Lipinski definition) is 0.